The summed E-state index contributed by atoms with van der Waals surface area (Å²) in [6, 6.07) is 5.53. The lowest BCUT2D eigenvalue weighted by atomic mass is 9.85. The van der Waals surface area contributed by atoms with E-state index in [2.05, 4.69) is 5.32 Å². The Kier molecular flexibility index (Phi) is 5.69. The Morgan fingerprint density at radius 3 is 2.16 bits per heavy atom. The van der Waals surface area contributed by atoms with Crippen LogP contribution in [0, 0.1) is 29.6 Å². The first kappa shape index (κ1) is 21.3. The minimum absolute atomic E-state index is 0.106. The fourth-order valence-corrected chi connectivity index (χ4v) is 5.14. The van der Waals surface area contributed by atoms with E-state index in [9.17, 15) is 19.2 Å². The standard InChI is InChI=1S/C24H28N2O5/c1-4-31-24(30)14-7-9-17(10-8-14)25-21(27)18(11-13(2)3)26-22(28)19-15-5-6-16(12-15)20(19)23(26)29/h5-10,13,15-16,18-20H,4,11-12H2,1-3H3,(H,25,27)/t15-,16-,18-,19-,20+/m0/s1. The molecular weight excluding hydrogens is 396 g/mol. The Morgan fingerprint density at radius 1 is 1.06 bits per heavy atom. The van der Waals surface area contributed by atoms with Crippen molar-refractivity contribution in [2.24, 2.45) is 29.6 Å². The first-order valence-corrected chi connectivity index (χ1v) is 10.9. The van der Waals surface area contributed by atoms with Crippen molar-refractivity contribution in [3.63, 3.8) is 0 Å². The molecule has 1 heterocycles. The maximum Gasteiger partial charge on any atom is 0.338 e. The molecule has 4 rings (SSSR count). The zero-order valence-corrected chi connectivity index (χ0v) is 18.0. The summed E-state index contributed by atoms with van der Waals surface area (Å²) < 4.78 is 4.97. The van der Waals surface area contributed by atoms with Crippen molar-refractivity contribution in [2.75, 3.05) is 11.9 Å². The summed E-state index contributed by atoms with van der Waals surface area (Å²) in [4.78, 5) is 52.6. The number of ether oxygens (including phenoxy) is 1. The topological polar surface area (TPSA) is 92.8 Å². The van der Waals surface area contributed by atoms with Crippen molar-refractivity contribution in [1.82, 2.24) is 4.90 Å². The van der Waals surface area contributed by atoms with Crippen LogP contribution in [0.5, 0.6) is 0 Å². The fraction of sp³-hybridized carbons (Fsp3) is 0.500. The molecule has 1 saturated carbocycles. The Bertz CT molecular complexity index is 906. The van der Waals surface area contributed by atoms with Crippen molar-refractivity contribution < 1.29 is 23.9 Å². The van der Waals surface area contributed by atoms with Gasteiger partial charge in [-0.2, -0.15) is 0 Å². The van der Waals surface area contributed by atoms with Crippen molar-refractivity contribution in [2.45, 2.75) is 39.7 Å². The van der Waals surface area contributed by atoms with Crippen molar-refractivity contribution in [1.29, 1.82) is 0 Å². The van der Waals surface area contributed by atoms with Gasteiger partial charge >= 0.3 is 5.97 Å². The molecule has 1 saturated heterocycles. The van der Waals surface area contributed by atoms with E-state index in [1.807, 2.05) is 26.0 Å². The highest BCUT2D eigenvalue weighted by atomic mass is 16.5. The van der Waals surface area contributed by atoms with Crippen LogP contribution >= 0.6 is 0 Å². The first-order valence-electron chi connectivity index (χ1n) is 10.9. The molecule has 7 nitrogen and oxygen atoms in total. The predicted molar refractivity (Wildman–Crippen MR) is 114 cm³/mol. The number of imide groups is 1. The van der Waals surface area contributed by atoms with Crippen LogP contribution in [-0.4, -0.2) is 41.2 Å². The smallest absolute Gasteiger partial charge is 0.338 e. The van der Waals surface area contributed by atoms with E-state index >= 15 is 0 Å². The van der Waals surface area contributed by atoms with Gasteiger partial charge in [0.1, 0.15) is 6.04 Å². The lowest BCUT2D eigenvalue weighted by Gasteiger charge is -2.28. The van der Waals surface area contributed by atoms with Gasteiger partial charge in [0, 0.05) is 5.69 Å². The Labute approximate surface area is 181 Å². The molecule has 0 radical (unpaired) electrons. The highest BCUT2D eigenvalue weighted by Gasteiger charge is 2.61. The van der Waals surface area contributed by atoms with Crippen LogP contribution in [0.1, 0.15) is 44.0 Å². The third kappa shape index (κ3) is 3.77. The molecule has 1 aromatic carbocycles. The van der Waals surface area contributed by atoms with Crippen LogP contribution in [-0.2, 0) is 19.1 Å². The number of likely N-dealkylation sites (tertiary alicyclic amines) is 1. The van der Waals surface area contributed by atoms with Gasteiger partial charge in [0.05, 0.1) is 24.0 Å². The summed E-state index contributed by atoms with van der Waals surface area (Å²) in [5, 5.41) is 2.81. The number of carbonyl (C=O) groups is 4. The van der Waals surface area contributed by atoms with E-state index < -0.39 is 12.0 Å². The number of rotatable bonds is 7. The normalized spacial score (nSPS) is 27.0. The minimum atomic E-state index is -0.852. The summed E-state index contributed by atoms with van der Waals surface area (Å²) in [5.41, 5.74) is 0.882. The number of carbonyl (C=O) groups excluding carboxylic acids is 4. The van der Waals surface area contributed by atoms with Crippen molar-refractivity contribution in [3.8, 4) is 0 Å². The van der Waals surface area contributed by atoms with Crippen molar-refractivity contribution in [3.05, 3.63) is 42.0 Å². The molecule has 31 heavy (non-hydrogen) atoms. The number of anilines is 1. The molecule has 5 atom stereocenters. The highest BCUT2D eigenvalue weighted by Crippen LogP contribution is 2.53. The third-order valence-corrected chi connectivity index (χ3v) is 6.48. The van der Waals surface area contributed by atoms with Crippen LogP contribution in [0.4, 0.5) is 5.69 Å². The molecule has 1 aromatic rings. The molecule has 2 bridgehead atoms. The zero-order chi connectivity index (χ0) is 22.3. The molecule has 1 aliphatic heterocycles. The van der Waals surface area contributed by atoms with Crippen LogP contribution in [0.15, 0.2) is 36.4 Å². The minimum Gasteiger partial charge on any atom is -0.462 e. The van der Waals surface area contributed by atoms with Crippen LogP contribution in [0.3, 0.4) is 0 Å². The molecule has 3 aliphatic rings. The molecule has 0 unspecified atom stereocenters. The van der Waals surface area contributed by atoms with Gasteiger partial charge < -0.3 is 10.1 Å². The summed E-state index contributed by atoms with van der Waals surface area (Å²) in [5.74, 6) is -1.57. The number of allylic oxidation sites excluding steroid dienone is 2. The van der Waals surface area contributed by atoms with Gasteiger partial charge in [-0.05, 0) is 61.8 Å². The van der Waals surface area contributed by atoms with Gasteiger partial charge in [0.2, 0.25) is 17.7 Å². The number of nitrogens with zero attached hydrogens (tertiary/aromatic N) is 1. The van der Waals surface area contributed by atoms with Gasteiger partial charge in [-0.15, -0.1) is 0 Å². The molecular formula is C24H28N2O5. The van der Waals surface area contributed by atoms with Gasteiger partial charge in [-0.3, -0.25) is 19.3 Å². The van der Waals surface area contributed by atoms with E-state index in [1.165, 1.54) is 4.90 Å². The number of fused-ring (bicyclic) bond motifs is 5. The molecule has 2 fully saturated rings. The number of esters is 1. The third-order valence-electron chi connectivity index (χ3n) is 6.48. The lowest BCUT2D eigenvalue weighted by Crippen LogP contribution is -2.49. The SMILES string of the molecule is CCOC(=O)c1ccc(NC(=O)[C@H](CC(C)C)N2C(=O)[C@@H]3[C@H](C2=O)[C@H]2C=C[C@H]3C2)cc1. The Hall–Kier alpha value is -2.96. The summed E-state index contributed by atoms with van der Waals surface area (Å²) in [7, 11) is 0. The fourth-order valence-electron chi connectivity index (χ4n) is 5.14. The Balaban J connectivity index is 1.52. The van der Waals surface area contributed by atoms with Crippen LogP contribution < -0.4 is 5.32 Å². The molecule has 3 amide bonds. The number of hydrogen-bond donors (Lipinski definition) is 1. The summed E-state index contributed by atoms with van der Waals surface area (Å²) >= 11 is 0. The van der Waals surface area contributed by atoms with Gasteiger partial charge in [0.25, 0.3) is 0 Å². The molecule has 1 N–H and O–H groups in total. The second-order valence-corrected chi connectivity index (χ2v) is 8.98. The van der Waals surface area contributed by atoms with E-state index in [4.69, 9.17) is 4.74 Å². The average molecular weight is 424 g/mol. The maximum atomic E-state index is 13.2. The average Bonchev–Trinajstić information content (AvgIpc) is 3.41. The molecule has 7 heteroatoms. The maximum absolute atomic E-state index is 13.2. The quantitative estimate of drug-likeness (QED) is 0.413. The lowest BCUT2D eigenvalue weighted by molar-refractivity contribution is -0.147. The molecule has 2 aliphatic carbocycles. The van der Waals surface area contributed by atoms with Gasteiger partial charge in [-0.25, -0.2) is 4.79 Å². The number of hydrogen-bond acceptors (Lipinski definition) is 5. The number of nitrogens with one attached hydrogen (secondary N) is 1. The second kappa shape index (κ2) is 8.29. The van der Waals surface area contributed by atoms with Crippen LogP contribution in [0.25, 0.3) is 0 Å². The Morgan fingerprint density at radius 2 is 1.65 bits per heavy atom. The largest absolute Gasteiger partial charge is 0.462 e. The summed E-state index contributed by atoms with van der Waals surface area (Å²) in [6.45, 7) is 5.94. The molecule has 0 spiro atoms. The van der Waals surface area contributed by atoms with E-state index in [0.717, 1.165) is 6.42 Å². The second-order valence-electron chi connectivity index (χ2n) is 8.98. The predicted octanol–water partition coefficient (Wildman–Crippen LogP) is 3.02. The van der Waals surface area contributed by atoms with Gasteiger partial charge in [0.15, 0.2) is 0 Å². The van der Waals surface area contributed by atoms with E-state index in [0.29, 0.717) is 17.7 Å². The van der Waals surface area contributed by atoms with Crippen molar-refractivity contribution >= 4 is 29.4 Å². The first-order chi connectivity index (χ1) is 14.8. The van der Waals surface area contributed by atoms with Crippen LogP contribution in [0.2, 0.25) is 0 Å². The molecule has 0 aromatic heterocycles. The van der Waals surface area contributed by atoms with E-state index in [1.54, 1.807) is 31.2 Å². The molecule has 164 valence electrons. The number of amides is 3. The van der Waals surface area contributed by atoms with E-state index in [-0.39, 0.29) is 53.9 Å². The summed E-state index contributed by atoms with van der Waals surface area (Å²) in [6.07, 6.45) is 5.34. The highest BCUT2D eigenvalue weighted by molar-refractivity contribution is 6.10. The van der Waals surface area contributed by atoms with Gasteiger partial charge in [-0.1, -0.05) is 26.0 Å². The zero-order valence-electron chi connectivity index (χ0n) is 18.0. The number of benzene rings is 1. The monoisotopic (exact) mass is 424 g/mol.